The summed E-state index contributed by atoms with van der Waals surface area (Å²) in [5.74, 6) is 2.30. The zero-order valence-electron chi connectivity index (χ0n) is 6.13. The summed E-state index contributed by atoms with van der Waals surface area (Å²) in [6, 6.07) is 0. The molecule has 3 N–H and O–H groups in total. The van der Waals surface area contributed by atoms with E-state index >= 15 is 0 Å². The van der Waals surface area contributed by atoms with Crippen molar-refractivity contribution in [1.29, 1.82) is 0 Å². The lowest BCUT2D eigenvalue weighted by Crippen LogP contribution is -2.44. The van der Waals surface area contributed by atoms with Gasteiger partial charge >= 0.3 is 0 Å². The molecule has 0 aromatic rings. The molecule has 0 bridgehead atoms. The predicted octanol–water partition coefficient (Wildman–Crippen LogP) is -0.654. The Bertz CT molecular complexity index is 126. The molecule has 0 radical (unpaired) electrons. The van der Waals surface area contributed by atoms with E-state index < -0.39 is 5.54 Å². The first kappa shape index (κ1) is 9.44. The molecule has 0 spiro atoms. The topological polar surface area (TPSA) is 55.5 Å². The molecule has 0 aliphatic heterocycles. The number of hydrogen-bond donors (Lipinski definition) is 2. The summed E-state index contributed by atoms with van der Waals surface area (Å²) in [7, 11) is 0. The van der Waals surface area contributed by atoms with Crippen molar-refractivity contribution in [3.63, 3.8) is 0 Å². The highest BCUT2D eigenvalue weighted by Gasteiger charge is 2.16. The summed E-state index contributed by atoms with van der Waals surface area (Å²) in [4.78, 5) is 0. The van der Waals surface area contributed by atoms with Crippen molar-refractivity contribution < 1.29 is 9.84 Å². The molecule has 0 aliphatic rings. The first-order chi connectivity index (χ1) is 4.62. The standard InChI is InChI=1S/C7H13NO2/c1-3-4-10-6-7(2,8)5-9/h1,9H,4-6,8H2,2H3. The van der Waals surface area contributed by atoms with Crippen LogP contribution in [0.5, 0.6) is 0 Å². The van der Waals surface area contributed by atoms with Gasteiger partial charge in [-0.1, -0.05) is 5.92 Å². The fourth-order valence-electron chi connectivity index (χ4n) is 0.389. The van der Waals surface area contributed by atoms with Crippen molar-refractivity contribution in [2.45, 2.75) is 12.5 Å². The Balaban J connectivity index is 3.39. The van der Waals surface area contributed by atoms with Gasteiger partial charge in [0.15, 0.2) is 0 Å². The zero-order valence-corrected chi connectivity index (χ0v) is 6.13. The Morgan fingerprint density at radius 1 is 1.80 bits per heavy atom. The molecule has 1 atom stereocenters. The summed E-state index contributed by atoms with van der Waals surface area (Å²) < 4.78 is 4.92. The molecule has 10 heavy (non-hydrogen) atoms. The average molecular weight is 143 g/mol. The van der Waals surface area contributed by atoms with Gasteiger partial charge in [-0.15, -0.1) is 6.42 Å². The van der Waals surface area contributed by atoms with E-state index in [4.69, 9.17) is 22.0 Å². The van der Waals surface area contributed by atoms with E-state index in [1.54, 1.807) is 6.92 Å². The van der Waals surface area contributed by atoms with Crippen LogP contribution >= 0.6 is 0 Å². The lowest BCUT2D eigenvalue weighted by molar-refractivity contribution is 0.0810. The van der Waals surface area contributed by atoms with Crippen LogP contribution in [0.2, 0.25) is 0 Å². The highest BCUT2D eigenvalue weighted by molar-refractivity contribution is 4.84. The molecule has 3 nitrogen and oxygen atoms in total. The monoisotopic (exact) mass is 143 g/mol. The van der Waals surface area contributed by atoms with E-state index in [9.17, 15) is 0 Å². The summed E-state index contributed by atoms with van der Waals surface area (Å²) >= 11 is 0. The third-order valence-electron chi connectivity index (χ3n) is 0.978. The van der Waals surface area contributed by atoms with E-state index in [2.05, 4.69) is 5.92 Å². The van der Waals surface area contributed by atoms with E-state index in [-0.39, 0.29) is 19.8 Å². The van der Waals surface area contributed by atoms with Crippen molar-refractivity contribution >= 4 is 0 Å². The molecular weight excluding hydrogens is 130 g/mol. The molecule has 0 fully saturated rings. The molecule has 0 saturated carbocycles. The molecular formula is C7H13NO2. The molecule has 0 aliphatic carbocycles. The maximum Gasteiger partial charge on any atom is 0.107 e. The number of rotatable bonds is 4. The molecule has 0 aromatic carbocycles. The number of terminal acetylenes is 1. The van der Waals surface area contributed by atoms with Crippen LogP contribution in [0.4, 0.5) is 0 Å². The Morgan fingerprint density at radius 2 is 2.40 bits per heavy atom. The van der Waals surface area contributed by atoms with Gasteiger partial charge in [0, 0.05) is 0 Å². The van der Waals surface area contributed by atoms with Crippen molar-refractivity contribution in [2.75, 3.05) is 19.8 Å². The van der Waals surface area contributed by atoms with E-state index in [0.29, 0.717) is 0 Å². The first-order valence-electron chi connectivity index (χ1n) is 3.03. The van der Waals surface area contributed by atoms with Gasteiger partial charge in [-0.3, -0.25) is 0 Å². The summed E-state index contributed by atoms with van der Waals surface area (Å²) in [6.07, 6.45) is 4.92. The second-order valence-corrected chi connectivity index (χ2v) is 2.51. The van der Waals surface area contributed by atoms with Crippen LogP contribution in [-0.4, -0.2) is 30.5 Å². The minimum Gasteiger partial charge on any atom is -0.394 e. The van der Waals surface area contributed by atoms with Gasteiger partial charge in [-0.05, 0) is 6.92 Å². The SMILES string of the molecule is C#CCOCC(C)(N)CO. The number of hydrogen-bond acceptors (Lipinski definition) is 3. The maximum atomic E-state index is 8.64. The van der Waals surface area contributed by atoms with Crippen LogP contribution in [-0.2, 0) is 4.74 Å². The highest BCUT2D eigenvalue weighted by atomic mass is 16.5. The van der Waals surface area contributed by atoms with Crippen LogP contribution in [0.1, 0.15) is 6.92 Å². The molecule has 0 saturated heterocycles. The molecule has 1 unspecified atom stereocenters. The normalized spacial score (nSPS) is 15.8. The van der Waals surface area contributed by atoms with Crippen molar-refractivity contribution in [3.8, 4) is 12.3 Å². The van der Waals surface area contributed by atoms with Gasteiger partial charge in [-0.2, -0.15) is 0 Å². The first-order valence-corrected chi connectivity index (χ1v) is 3.03. The molecule has 0 aromatic heterocycles. The molecule has 0 heterocycles. The lowest BCUT2D eigenvalue weighted by Gasteiger charge is -2.20. The number of aliphatic hydroxyl groups excluding tert-OH is 1. The summed E-state index contributed by atoms with van der Waals surface area (Å²) in [5.41, 5.74) is 4.84. The van der Waals surface area contributed by atoms with Crippen LogP contribution in [0.15, 0.2) is 0 Å². The van der Waals surface area contributed by atoms with Crippen LogP contribution in [0.3, 0.4) is 0 Å². The Kier molecular flexibility index (Phi) is 4.05. The Hall–Kier alpha value is -0.560. The zero-order chi connectivity index (χ0) is 8.04. The van der Waals surface area contributed by atoms with Gasteiger partial charge in [0.2, 0.25) is 0 Å². The van der Waals surface area contributed by atoms with Gasteiger partial charge < -0.3 is 15.6 Å². The maximum absolute atomic E-state index is 8.64. The minimum absolute atomic E-state index is 0.0996. The lowest BCUT2D eigenvalue weighted by atomic mass is 10.1. The van der Waals surface area contributed by atoms with Crippen LogP contribution < -0.4 is 5.73 Å². The van der Waals surface area contributed by atoms with Crippen LogP contribution in [0.25, 0.3) is 0 Å². The van der Waals surface area contributed by atoms with E-state index in [1.165, 1.54) is 0 Å². The van der Waals surface area contributed by atoms with Crippen molar-refractivity contribution in [2.24, 2.45) is 5.73 Å². The Morgan fingerprint density at radius 3 is 2.80 bits per heavy atom. The molecule has 0 rings (SSSR count). The summed E-state index contributed by atoms with van der Waals surface area (Å²) in [6.45, 7) is 2.13. The predicted molar refractivity (Wildman–Crippen MR) is 39.3 cm³/mol. The van der Waals surface area contributed by atoms with E-state index in [0.717, 1.165) is 0 Å². The largest absolute Gasteiger partial charge is 0.394 e. The number of nitrogens with two attached hydrogens (primary N) is 1. The highest BCUT2D eigenvalue weighted by Crippen LogP contribution is 1.96. The third-order valence-corrected chi connectivity index (χ3v) is 0.978. The van der Waals surface area contributed by atoms with Gasteiger partial charge in [0.05, 0.1) is 18.8 Å². The van der Waals surface area contributed by atoms with Crippen molar-refractivity contribution in [3.05, 3.63) is 0 Å². The second kappa shape index (κ2) is 4.29. The minimum atomic E-state index is -0.670. The second-order valence-electron chi connectivity index (χ2n) is 2.51. The van der Waals surface area contributed by atoms with Crippen LogP contribution in [0, 0.1) is 12.3 Å². The average Bonchev–Trinajstić information content (AvgIpc) is 1.89. The Labute approximate surface area is 61.2 Å². The smallest absolute Gasteiger partial charge is 0.107 e. The number of aliphatic hydroxyl groups is 1. The van der Waals surface area contributed by atoms with Gasteiger partial charge in [-0.25, -0.2) is 0 Å². The van der Waals surface area contributed by atoms with Gasteiger partial charge in [0.1, 0.15) is 6.61 Å². The summed E-state index contributed by atoms with van der Waals surface area (Å²) in [5, 5.41) is 8.64. The van der Waals surface area contributed by atoms with Crippen molar-refractivity contribution in [1.82, 2.24) is 0 Å². The third kappa shape index (κ3) is 4.33. The van der Waals surface area contributed by atoms with E-state index in [1.807, 2.05) is 0 Å². The van der Waals surface area contributed by atoms with Gasteiger partial charge in [0.25, 0.3) is 0 Å². The fraction of sp³-hybridized carbons (Fsp3) is 0.714. The molecule has 0 amide bonds. The quantitative estimate of drug-likeness (QED) is 0.406. The fourth-order valence-corrected chi connectivity index (χ4v) is 0.389. The molecule has 3 heteroatoms. The molecule has 58 valence electrons. The number of ether oxygens (including phenoxy) is 1.